The fourth-order valence-electron chi connectivity index (χ4n) is 6.55. The molecule has 0 amide bonds. The Kier molecular flexibility index (Phi) is 8.27. The second-order valence-corrected chi connectivity index (χ2v) is 11.4. The summed E-state index contributed by atoms with van der Waals surface area (Å²) in [5.74, 6) is -2.18. The van der Waals surface area contributed by atoms with Gasteiger partial charge in [0, 0.05) is 17.0 Å². The molecule has 1 aliphatic heterocycles. The van der Waals surface area contributed by atoms with E-state index in [1.165, 1.54) is 24.3 Å². The van der Waals surface area contributed by atoms with E-state index in [0.29, 0.717) is 5.56 Å². The van der Waals surface area contributed by atoms with Gasteiger partial charge in [-0.2, -0.15) is 0 Å². The number of fused-ring (bicyclic) bond motifs is 4. The molecular weight excluding hydrogens is 580 g/mol. The molecule has 0 spiro atoms. The molecule has 4 aromatic carbocycles. The van der Waals surface area contributed by atoms with Crippen LogP contribution in [0.2, 0.25) is 0 Å². The van der Waals surface area contributed by atoms with Crippen molar-refractivity contribution in [1.82, 2.24) is 0 Å². The quantitative estimate of drug-likeness (QED) is 0.159. The number of carbonyl (C=O) groups excluding carboxylic acids is 2. The van der Waals surface area contributed by atoms with Gasteiger partial charge in [0.1, 0.15) is 35.9 Å². The molecule has 0 bridgehead atoms. The molecule has 6 atom stereocenters. The zero-order chi connectivity index (χ0) is 32.0. The maximum absolute atomic E-state index is 13.1. The third-order valence-corrected chi connectivity index (χ3v) is 8.75. The molecule has 0 aromatic heterocycles. The van der Waals surface area contributed by atoms with Crippen LogP contribution in [0.25, 0.3) is 0 Å². The standard InChI is InChI=1S/C21H22O9.C14H10O/c22-6-8-4-10-14(21-20(29)19(28)17(26)13(7-23)30-21)9-2-1-3-11(24)15(9)18(27)16(10)12(25)5-8;15-14-12-7-3-1-5-10(12)9-11-6-2-4-8-13(11)14/h1-5,13-14,17,19-26,28-29H,6-7H2;1-8H,9H2/t13-,14-,17-,19+,20-,21+;/m1./s1. The average Bonchev–Trinajstić information content (AvgIpc) is 3.04. The molecule has 0 unspecified atom stereocenters. The number of aliphatic hydroxyl groups excluding tert-OH is 5. The van der Waals surface area contributed by atoms with Crippen molar-refractivity contribution in [2.24, 2.45) is 0 Å². The molecule has 4 aromatic rings. The van der Waals surface area contributed by atoms with Crippen LogP contribution in [0.1, 0.15) is 65.6 Å². The number of aromatic hydroxyl groups is 2. The molecule has 10 nitrogen and oxygen atoms in total. The van der Waals surface area contributed by atoms with Gasteiger partial charge in [-0.3, -0.25) is 9.59 Å². The summed E-state index contributed by atoms with van der Waals surface area (Å²) in [5.41, 5.74) is 4.60. The highest BCUT2D eigenvalue weighted by molar-refractivity contribution is 6.16. The van der Waals surface area contributed by atoms with E-state index >= 15 is 0 Å². The van der Waals surface area contributed by atoms with Crippen LogP contribution in [-0.2, 0) is 17.8 Å². The fourth-order valence-corrected chi connectivity index (χ4v) is 6.55. The Labute approximate surface area is 258 Å². The Morgan fingerprint density at radius 2 is 1.29 bits per heavy atom. The van der Waals surface area contributed by atoms with Gasteiger partial charge >= 0.3 is 0 Å². The monoisotopic (exact) mass is 612 g/mol. The number of phenols is 2. The summed E-state index contributed by atoms with van der Waals surface area (Å²) in [7, 11) is 0. The second kappa shape index (κ2) is 12.2. The Morgan fingerprint density at radius 3 is 1.91 bits per heavy atom. The normalized spacial score (nSPS) is 24.8. The number of aliphatic hydroxyl groups is 5. The lowest BCUT2D eigenvalue weighted by Crippen LogP contribution is -2.60. The number of phenolic OH excluding ortho intramolecular Hbond substituents is 2. The van der Waals surface area contributed by atoms with E-state index < -0.39 is 61.2 Å². The van der Waals surface area contributed by atoms with Gasteiger partial charge in [-0.25, -0.2) is 0 Å². The number of ketones is 2. The first-order valence-electron chi connectivity index (χ1n) is 14.5. The van der Waals surface area contributed by atoms with Crippen LogP contribution >= 0.6 is 0 Å². The Morgan fingerprint density at radius 1 is 0.667 bits per heavy atom. The number of hydrogen-bond donors (Lipinski definition) is 7. The van der Waals surface area contributed by atoms with Gasteiger partial charge in [0.15, 0.2) is 5.78 Å². The average molecular weight is 613 g/mol. The van der Waals surface area contributed by atoms with Gasteiger partial charge in [-0.1, -0.05) is 66.7 Å². The van der Waals surface area contributed by atoms with Gasteiger partial charge in [-0.15, -0.1) is 0 Å². The van der Waals surface area contributed by atoms with Crippen molar-refractivity contribution >= 4 is 11.6 Å². The van der Waals surface area contributed by atoms with Gasteiger partial charge in [-0.05, 0) is 46.4 Å². The summed E-state index contributed by atoms with van der Waals surface area (Å²) in [4.78, 5) is 25.2. The summed E-state index contributed by atoms with van der Waals surface area (Å²) in [5, 5.41) is 71.0. The van der Waals surface area contributed by atoms with E-state index in [2.05, 4.69) is 0 Å². The summed E-state index contributed by atoms with van der Waals surface area (Å²) in [6.45, 7) is -1.06. The Bertz CT molecular complexity index is 1730. The van der Waals surface area contributed by atoms with Gasteiger partial charge in [0.25, 0.3) is 0 Å². The zero-order valence-electron chi connectivity index (χ0n) is 23.9. The molecule has 3 aliphatic rings. The van der Waals surface area contributed by atoms with Crippen LogP contribution < -0.4 is 0 Å². The van der Waals surface area contributed by atoms with Crippen molar-refractivity contribution in [3.05, 3.63) is 129 Å². The molecule has 1 heterocycles. The van der Waals surface area contributed by atoms with Gasteiger partial charge < -0.3 is 40.5 Å². The summed E-state index contributed by atoms with van der Waals surface area (Å²) in [6, 6.07) is 22.8. The smallest absolute Gasteiger partial charge is 0.201 e. The van der Waals surface area contributed by atoms with E-state index in [-0.39, 0.29) is 33.8 Å². The van der Waals surface area contributed by atoms with E-state index in [4.69, 9.17) is 4.74 Å². The van der Waals surface area contributed by atoms with Crippen molar-refractivity contribution in [3.8, 4) is 11.5 Å². The summed E-state index contributed by atoms with van der Waals surface area (Å²) >= 11 is 0. The summed E-state index contributed by atoms with van der Waals surface area (Å²) in [6.07, 6.45) is -6.35. The Hall–Kier alpha value is -4.42. The van der Waals surface area contributed by atoms with Crippen LogP contribution in [0.3, 0.4) is 0 Å². The molecule has 0 radical (unpaired) electrons. The second-order valence-electron chi connectivity index (χ2n) is 11.4. The molecule has 7 N–H and O–H groups in total. The maximum Gasteiger partial charge on any atom is 0.201 e. The van der Waals surface area contributed by atoms with Crippen molar-refractivity contribution < 1.29 is 50.1 Å². The lowest BCUT2D eigenvalue weighted by Gasteiger charge is -2.45. The van der Waals surface area contributed by atoms with Crippen LogP contribution in [0, 0.1) is 0 Å². The first-order chi connectivity index (χ1) is 21.7. The highest BCUT2D eigenvalue weighted by atomic mass is 16.5. The molecule has 1 fully saturated rings. The van der Waals surface area contributed by atoms with Crippen LogP contribution in [-0.4, -0.2) is 84.4 Å². The predicted molar refractivity (Wildman–Crippen MR) is 160 cm³/mol. The lowest BCUT2D eigenvalue weighted by molar-refractivity contribution is -0.232. The topological polar surface area (TPSA) is 185 Å². The van der Waals surface area contributed by atoms with E-state index in [9.17, 15) is 45.3 Å². The van der Waals surface area contributed by atoms with E-state index in [0.717, 1.165) is 28.7 Å². The summed E-state index contributed by atoms with van der Waals surface area (Å²) < 4.78 is 5.73. The molecule has 1 saturated heterocycles. The molecular formula is C35H32O10. The molecule has 45 heavy (non-hydrogen) atoms. The molecule has 10 heteroatoms. The van der Waals surface area contributed by atoms with Crippen molar-refractivity contribution in [3.63, 3.8) is 0 Å². The molecule has 232 valence electrons. The van der Waals surface area contributed by atoms with Crippen LogP contribution in [0.4, 0.5) is 0 Å². The van der Waals surface area contributed by atoms with Crippen LogP contribution in [0.5, 0.6) is 11.5 Å². The lowest BCUT2D eigenvalue weighted by atomic mass is 9.71. The third-order valence-electron chi connectivity index (χ3n) is 8.75. The van der Waals surface area contributed by atoms with Crippen molar-refractivity contribution in [2.75, 3.05) is 6.61 Å². The highest BCUT2D eigenvalue weighted by Gasteiger charge is 2.50. The zero-order valence-corrected chi connectivity index (χ0v) is 23.9. The first-order valence-corrected chi connectivity index (χ1v) is 14.5. The number of rotatable bonds is 3. The first kappa shape index (κ1) is 30.6. The van der Waals surface area contributed by atoms with Crippen LogP contribution in [0.15, 0.2) is 78.9 Å². The molecule has 2 aliphatic carbocycles. The minimum absolute atomic E-state index is 0.0843. The predicted octanol–water partition coefficient (Wildman–Crippen LogP) is 1.93. The van der Waals surface area contributed by atoms with E-state index in [1.807, 2.05) is 48.5 Å². The number of benzene rings is 4. The Balaban J connectivity index is 0.000000198. The van der Waals surface area contributed by atoms with E-state index in [1.54, 1.807) is 6.07 Å². The minimum Gasteiger partial charge on any atom is -0.507 e. The maximum atomic E-state index is 13.1. The SMILES string of the molecule is O=C1c2c(O)cccc2[C@@H]([C@@H]2O[C@H](CO)[C@@H](O)[C@H](O)[C@H]2O)c2cc(CO)cc(O)c21.O=C1c2ccccc2Cc2ccccc21. The largest absolute Gasteiger partial charge is 0.507 e. The minimum atomic E-state index is -1.64. The molecule has 0 saturated carbocycles. The van der Waals surface area contributed by atoms with Gasteiger partial charge in [0.05, 0.1) is 30.4 Å². The number of carbonyl (C=O) groups is 2. The fraction of sp³-hybridized carbons (Fsp3) is 0.257. The van der Waals surface area contributed by atoms with Gasteiger partial charge in [0.2, 0.25) is 5.78 Å². The number of hydrogen-bond acceptors (Lipinski definition) is 10. The van der Waals surface area contributed by atoms with Crippen molar-refractivity contribution in [1.29, 1.82) is 0 Å². The third kappa shape index (κ3) is 5.21. The molecule has 7 rings (SSSR count). The highest BCUT2D eigenvalue weighted by Crippen LogP contribution is 2.47. The number of ether oxygens (including phenoxy) is 1. The van der Waals surface area contributed by atoms with Crippen molar-refractivity contribution in [2.45, 2.75) is 49.5 Å².